The van der Waals surface area contributed by atoms with Gasteiger partial charge in [0.25, 0.3) is 0 Å². The Kier molecular flexibility index (Phi) is 4.40. The molecule has 0 saturated heterocycles. The van der Waals surface area contributed by atoms with Crippen LogP contribution < -0.4 is 15.8 Å². The number of anilines is 2. The van der Waals surface area contributed by atoms with Crippen LogP contribution in [0.2, 0.25) is 0 Å². The second-order valence-electron chi connectivity index (χ2n) is 4.62. The van der Waals surface area contributed by atoms with Gasteiger partial charge >= 0.3 is 0 Å². The van der Waals surface area contributed by atoms with Gasteiger partial charge in [0.2, 0.25) is 5.88 Å². The third-order valence-electron chi connectivity index (χ3n) is 3.11. The summed E-state index contributed by atoms with van der Waals surface area (Å²) in [6.45, 7) is 6.55. The summed E-state index contributed by atoms with van der Waals surface area (Å²) in [5, 5.41) is 3.37. The molecule has 0 aliphatic rings. The Hall–Kier alpha value is -2.30. The fourth-order valence-electron chi connectivity index (χ4n) is 1.93. The van der Waals surface area contributed by atoms with E-state index in [0.717, 1.165) is 22.6 Å². The van der Waals surface area contributed by atoms with Crippen LogP contribution in [0, 0.1) is 6.92 Å². The summed E-state index contributed by atoms with van der Waals surface area (Å²) in [6.07, 6.45) is 1.51. The summed E-state index contributed by atoms with van der Waals surface area (Å²) in [6, 6.07) is 7.93. The zero-order valence-electron chi connectivity index (χ0n) is 12.1. The van der Waals surface area contributed by atoms with E-state index in [4.69, 9.17) is 10.5 Å². The smallest absolute Gasteiger partial charge is 0.221 e. The summed E-state index contributed by atoms with van der Waals surface area (Å²) in [5.41, 5.74) is 8.52. The van der Waals surface area contributed by atoms with E-state index in [2.05, 4.69) is 22.2 Å². The van der Waals surface area contributed by atoms with E-state index in [9.17, 15) is 0 Å². The maximum Gasteiger partial charge on any atom is 0.221 e. The van der Waals surface area contributed by atoms with Crippen LogP contribution in [-0.2, 0) is 0 Å². The lowest BCUT2D eigenvalue weighted by Crippen LogP contribution is -2.10. The van der Waals surface area contributed by atoms with Crippen molar-refractivity contribution in [3.05, 3.63) is 41.7 Å². The standard InChI is InChI=1S/C15H20N4O/c1-4-20-15-10(2)14(17-9-18-15)19-11(3)12-5-7-13(16)8-6-12/h5-9,11H,4,16H2,1-3H3,(H,17,18,19). The molecule has 2 rings (SSSR count). The molecule has 1 aromatic carbocycles. The van der Waals surface area contributed by atoms with Gasteiger partial charge in [0.1, 0.15) is 12.1 Å². The van der Waals surface area contributed by atoms with E-state index in [1.54, 1.807) is 0 Å². The van der Waals surface area contributed by atoms with E-state index in [1.165, 1.54) is 6.33 Å². The molecule has 106 valence electrons. The second kappa shape index (κ2) is 6.23. The number of nitrogens with one attached hydrogen (secondary N) is 1. The second-order valence-corrected chi connectivity index (χ2v) is 4.62. The molecule has 0 spiro atoms. The fourth-order valence-corrected chi connectivity index (χ4v) is 1.93. The Morgan fingerprint density at radius 3 is 2.60 bits per heavy atom. The first-order chi connectivity index (χ1) is 9.61. The molecule has 0 fully saturated rings. The molecule has 1 heterocycles. The Bertz CT molecular complexity index is 569. The van der Waals surface area contributed by atoms with Gasteiger partial charge in [0.15, 0.2) is 0 Å². The quantitative estimate of drug-likeness (QED) is 0.819. The molecule has 20 heavy (non-hydrogen) atoms. The summed E-state index contributed by atoms with van der Waals surface area (Å²) in [7, 11) is 0. The molecule has 0 amide bonds. The SMILES string of the molecule is CCOc1ncnc(NC(C)c2ccc(N)cc2)c1C. The number of rotatable bonds is 5. The van der Waals surface area contributed by atoms with Crippen molar-refractivity contribution < 1.29 is 4.74 Å². The van der Waals surface area contributed by atoms with Crippen LogP contribution in [0.3, 0.4) is 0 Å². The summed E-state index contributed by atoms with van der Waals surface area (Å²) < 4.78 is 5.47. The number of benzene rings is 1. The Morgan fingerprint density at radius 2 is 1.95 bits per heavy atom. The van der Waals surface area contributed by atoms with E-state index in [-0.39, 0.29) is 6.04 Å². The molecule has 0 aliphatic carbocycles. The topological polar surface area (TPSA) is 73.1 Å². The third-order valence-corrected chi connectivity index (χ3v) is 3.11. The average Bonchev–Trinajstić information content (AvgIpc) is 2.44. The van der Waals surface area contributed by atoms with Crippen molar-refractivity contribution >= 4 is 11.5 Å². The van der Waals surface area contributed by atoms with Crippen LogP contribution in [0.15, 0.2) is 30.6 Å². The Balaban J connectivity index is 2.17. The average molecular weight is 272 g/mol. The highest BCUT2D eigenvalue weighted by Crippen LogP contribution is 2.25. The lowest BCUT2D eigenvalue weighted by Gasteiger charge is -2.17. The van der Waals surface area contributed by atoms with E-state index < -0.39 is 0 Å². The summed E-state index contributed by atoms with van der Waals surface area (Å²) >= 11 is 0. The fraction of sp³-hybridized carbons (Fsp3) is 0.333. The monoisotopic (exact) mass is 272 g/mol. The minimum Gasteiger partial charge on any atom is -0.478 e. The number of hydrogen-bond acceptors (Lipinski definition) is 5. The number of nitrogen functional groups attached to an aromatic ring is 1. The minimum atomic E-state index is 0.124. The van der Waals surface area contributed by atoms with Gasteiger partial charge in [-0.2, -0.15) is 0 Å². The number of nitrogens with zero attached hydrogens (tertiary/aromatic N) is 2. The molecular weight excluding hydrogens is 252 g/mol. The molecular formula is C15H20N4O. The normalized spacial score (nSPS) is 11.9. The van der Waals surface area contributed by atoms with E-state index in [1.807, 2.05) is 38.1 Å². The highest BCUT2D eigenvalue weighted by Gasteiger charge is 2.11. The van der Waals surface area contributed by atoms with Crippen LogP contribution in [-0.4, -0.2) is 16.6 Å². The molecule has 1 atom stereocenters. The predicted molar refractivity (Wildman–Crippen MR) is 80.8 cm³/mol. The Labute approximate surface area is 119 Å². The highest BCUT2D eigenvalue weighted by atomic mass is 16.5. The minimum absolute atomic E-state index is 0.124. The third kappa shape index (κ3) is 3.17. The van der Waals surface area contributed by atoms with Crippen molar-refractivity contribution in [3.63, 3.8) is 0 Å². The molecule has 1 aromatic heterocycles. The number of ether oxygens (including phenoxy) is 1. The maximum absolute atomic E-state index is 5.70. The first-order valence-electron chi connectivity index (χ1n) is 6.68. The van der Waals surface area contributed by atoms with E-state index in [0.29, 0.717) is 12.5 Å². The summed E-state index contributed by atoms with van der Waals surface area (Å²) in [5.74, 6) is 1.40. The molecule has 0 radical (unpaired) electrons. The van der Waals surface area contributed by atoms with Crippen molar-refractivity contribution in [2.45, 2.75) is 26.8 Å². The lowest BCUT2D eigenvalue weighted by atomic mass is 10.1. The zero-order chi connectivity index (χ0) is 14.5. The molecule has 5 heteroatoms. The van der Waals surface area contributed by atoms with Crippen LogP contribution >= 0.6 is 0 Å². The van der Waals surface area contributed by atoms with Crippen molar-refractivity contribution in [3.8, 4) is 5.88 Å². The van der Waals surface area contributed by atoms with Gasteiger partial charge in [-0.05, 0) is 38.5 Å². The molecule has 3 N–H and O–H groups in total. The van der Waals surface area contributed by atoms with Gasteiger partial charge in [-0.15, -0.1) is 0 Å². The highest BCUT2D eigenvalue weighted by molar-refractivity contribution is 5.50. The first-order valence-corrected chi connectivity index (χ1v) is 6.68. The lowest BCUT2D eigenvalue weighted by molar-refractivity contribution is 0.324. The molecule has 0 bridgehead atoms. The van der Waals surface area contributed by atoms with Crippen LogP contribution in [0.5, 0.6) is 5.88 Å². The van der Waals surface area contributed by atoms with Gasteiger partial charge in [0.05, 0.1) is 12.2 Å². The molecule has 0 saturated carbocycles. The Morgan fingerprint density at radius 1 is 1.25 bits per heavy atom. The molecule has 2 aromatic rings. The van der Waals surface area contributed by atoms with Gasteiger partial charge in [-0.25, -0.2) is 9.97 Å². The molecule has 1 unspecified atom stereocenters. The van der Waals surface area contributed by atoms with Gasteiger partial charge in [-0.3, -0.25) is 0 Å². The van der Waals surface area contributed by atoms with Gasteiger partial charge < -0.3 is 15.8 Å². The van der Waals surface area contributed by atoms with Gasteiger partial charge in [-0.1, -0.05) is 12.1 Å². The van der Waals surface area contributed by atoms with Gasteiger partial charge in [0, 0.05) is 11.7 Å². The number of hydrogen-bond donors (Lipinski definition) is 2. The molecule has 0 aliphatic heterocycles. The van der Waals surface area contributed by atoms with Crippen molar-refractivity contribution in [1.29, 1.82) is 0 Å². The van der Waals surface area contributed by atoms with Crippen LogP contribution in [0.25, 0.3) is 0 Å². The van der Waals surface area contributed by atoms with Crippen molar-refractivity contribution in [2.75, 3.05) is 17.7 Å². The van der Waals surface area contributed by atoms with E-state index >= 15 is 0 Å². The number of nitrogens with two attached hydrogens (primary N) is 1. The first kappa shape index (κ1) is 14.1. The van der Waals surface area contributed by atoms with Crippen molar-refractivity contribution in [2.24, 2.45) is 0 Å². The summed E-state index contributed by atoms with van der Waals surface area (Å²) in [4.78, 5) is 8.41. The number of aromatic nitrogens is 2. The zero-order valence-corrected chi connectivity index (χ0v) is 12.1. The maximum atomic E-state index is 5.70. The van der Waals surface area contributed by atoms with Crippen molar-refractivity contribution in [1.82, 2.24) is 9.97 Å². The van der Waals surface area contributed by atoms with Crippen LogP contribution in [0.4, 0.5) is 11.5 Å². The molecule has 5 nitrogen and oxygen atoms in total. The van der Waals surface area contributed by atoms with Crippen LogP contribution in [0.1, 0.15) is 31.0 Å². The largest absolute Gasteiger partial charge is 0.478 e. The predicted octanol–water partition coefficient (Wildman–Crippen LogP) is 2.94.